The fraction of sp³-hybridized carbons (Fsp3) is 0.467. The maximum atomic E-state index is 4.06. The van der Waals surface area contributed by atoms with Gasteiger partial charge in [-0.1, -0.05) is 42.8 Å². The van der Waals surface area contributed by atoms with E-state index in [9.17, 15) is 0 Å². The van der Waals surface area contributed by atoms with Crippen LogP contribution in [0.3, 0.4) is 0 Å². The largest absolute Gasteiger partial charge is 0.310 e. The molecule has 0 saturated heterocycles. The van der Waals surface area contributed by atoms with Gasteiger partial charge in [0.15, 0.2) is 0 Å². The first-order valence-corrected chi connectivity index (χ1v) is 5.99. The van der Waals surface area contributed by atoms with Gasteiger partial charge in [-0.3, -0.25) is 0 Å². The molecular weight excluding hydrogens is 194 g/mol. The molecule has 0 aliphatic rings. The van der Waals surface area contributed by atoms with E-state index in [4.69, 9.17) is 0 Å². The van der Waals surface area contributed by atoms with E-state index in [0.717, 1.165) is 13.0 Å². The van der Waals surface area contributed by atoms with Gasteiger partial charge in [-0.05, 0) is 44.9 Å². The van der Waals surface area contributed by atoms with E-state index < -0.39 is 0 Å². The quantitative estimate of drug-likeness (QED) is 0.745. The lowest BCUT2D eigenvalue weighted by atomic mass is 9.96. The van der Waals surface area contributed by atoms with Crippen LogP contribution in [-0.2, 0) is 6.42 Å². The highest BCUT2D eigenvalue weighted by Gasteiger charge is 2.10. The first-order chi connectivity index (χ1) is 7.54. The molecule has 0 aliphatic carbocycles. The highest BCUT2D eigenvalue weighted by molar-refractivity contribution is 5.32. The fourth-order valence-corrected chi connectivity index (χ4v) is 1.91. The molecule has 0 aliphatic heterocycles. The zero-order chi connectivity index (χ0) is 12.1. The third-order valence-corrected chi connectivity index (χ3v) is 2.97. The molecule has 1 aromatic rings. The Kier molecular flexibility index (Phi) is 4.75. The molecule has 1 rings (SSSR count). The molecule has 1 aromatic carbocycles. The number of nitrogens with one attached hydrogen (secondary N) is 1. The highest BCUT2D eigenvalue weighted by atomic mass is 14.9. The Labute approximate surface area is 99.6 Å². The van der Waals surface area contributed by atoms with Gasteiger partial charge in [0, 0.05) is 6.04 Å². The van der Waals surface area contributed by atoms with E-state index in [1.54, 1.807) is 0 Å². The number of benzene rings is 1. The van der Waals surface area contributed by atoms with E-state index in [-0.39, 0.29) is 0 Å². The summed E-state index contributed by atoms with van der Waals surface area (Å²) in [5.74, 6) is 0. The summed E-state index contributed by atoms with van der Waals surface area (Å²) in [4.78, 5) is 0. The van der Waals surface area contributed by atoms with Gasteiger partial charge in [0.1, 0.15) is 0 Å². The molecule has 16 heavy (non-hydrogen) atoms. The smallest absolute Gasteiger partial charge is 0.0314 e. The molecule has 1 nitrogen and oxygen atoms in total. The van der Waals surface area contributed by atoms with Crippen molar-refractivity contribution in [2.75, 3.05) is 6.54 Å². The number of rotatable bonds is 5. The van der Waals surface area contributed by atoms with Gasteiger partial charge in [0.2, 0.25) is 0 Å². The Morgan fingerprint density at radius 3 is 2.62 bits per heavy atom. The molecule has 1 N–H and O–H groups in total. The summed E-state index contributed by atoms with van der Waals surface area (Å²) in [6.45, 7) is 13.6. The SMILES string of the molecule is C=C(C)C(Cc1cc(C)ccc1C)NCC. The topological polar surface area (TPSA) is 12.0 Å². The van der Waals surface area contributed by atoms with Crippen molar-refractivity contribution in [1.29, 1.82) is 0 Å². The third-order valence-electron chi connectivity index (χ3n) is 2.97. The Balaban J connectivity index is 2.84. The number of hydrogen-bond donors (Lipinski definition) is 1. The van der Waals surface area contributed by atoms with Crippen molar-refractivity contribution in [3.8, 4) is 0 Å². The molecule has 88 valence electrons. The van der Waals surface area contributed by atoms with Crippen LogP contribution in [0.25, 0.3) is 0 Å². The van der Waals surface area contributed by atoms with Crippen LogP contribution < -0.4 is 5.32 Å². The lowest BCUT2D eigenvalue weighted by molar-refractivity contribution is 0.586. The maximum Gasteiger partial charge on any atom is 0.0314 e. The molecule has 0 amide bonds. The Hall–Kier alpha value is -1.08. The average Bonchev–Trinajstić information content (AvgIpc) is 2.22. The van der Waals surface area contributed by atoms with Gasteiger partial charge in [-0.25, -0.2) is 0 Å². The average molecular weight is 217 g/mol. The molecule has 0 bridgehead atoms. The van der Waals surface area contributed by atoms with Gasteiger partial charge in [-0.15, -0.1) is 0 Å². The summed E-state index contributed by atoms with van der Waals surface area (Å²) >= 11 is 0. The van der Waals surface area contributed by atoms with E-state index in [2.05, 4.69) is 57.8 Å². The summed E-state index contributed by atoms with van der Waals surface area (Å²) in [5, 5.41) is 3.48. The van der Waals surface area contributed by atoms with Gasteiger partial charge < -0.3 is 5.32 Å². The predicted octanol–water partition coefficient (Wildman–Crippen LogP) is 3.40. The van der Waals surface area contributed by atoms with E-state index >= 15 is 0 Å². The molecule has 0 fully saturated rings. The minimum absolute atomic E-state index is 0.394. The molecular formula is C15H23N. The van der Waals surface area contributed by atoms with Gasteiger partial charge in [0.05, 0.1) is 0 Å². The molecule has 1 unspecified atom stereocenters. The Morgan fingerprint density at radius 2 is 2.06 bits per heavy atom. The molecule has 0 spiro atoms. The monoisotopic (exact) mass is 217 g/mol. The summed E-state index contributed by atoms with van der Waals surface area (Å²) < 4.78 is 0. The third kappa shape index (κ3) is 3.49. The normalized spacial score (nSPS) is 12.5. The maximum absolute atomic E-state index is 4.06. The molecule has 0 radical (unpaired) electrons. The minimum Gasteiger partial charge on any atom is -0.310 e. The fourth-order valence-electron chi connectivity index (χ4n) is 1.91. The highest BCUT2D eigenvalue weighted by Crippen LogP contribution is 2.15. The van der Waals surface area contributed by atoms with Crippen LogP contribution in [0.2, 0.25) is 0 Å². The van der Waals surface area contributed by atoms with Crippen LogP contribution in [0.5, 0.6) is 0 Å². The predicted molar refractivity (Wildman–Crippen MR) is 71.9 cm³/mol. The van der Waals surface area contributed by atoms with Crippen LogP contribution in [0, 0.1) is 13.8 Å². The van der Waals surface area contributed by atoms with E-state index in [0.29, 0.717) is 6.04 Å². The lowest BCUT2D eigenvalue weighted by Crippen LogP contribution is -2.31. The van der Waals surface area contributed by atoms with Crippen molar-refractivity contribution in [1.82, 2.24) is 5.32 Å². The molecule has 0 aromatic heterocycles. The molecule has 0 saturated carbocycles. The lowest BCUT2D eigenvalue weighted by Gasteiger charge is -2.19. The zero-order valence-corrected chi connectivity index (χ0v) is 10.9. The Morgan fingerprint density at radius 1 is 1.38 bits per heavy atom. The van der Waals surface area contributed by atoms with Crippen molar-refractivity contribution in [3.05, 3.63) is 47.0 Å². The summed E-state index contributed by atoms with van der Waals surface area (Å²) in [7, 11) is 0. The van der Waals surface area contributed by atoms with Crippen LogP contribution in [0.1, 0.15) is 30.5 Å². The Bertz CT molecular complexity index is 366. The second-order valence-electron chi connectivity index (χ2n) is 4.59. The van der Waals surface area contributed by atoms with Gasteiger partial charge in [0.25, 0.3) is 0 Å². The first-order valence-electron chi connectivity index (χ1n) is 5.99. The van der Waals surface area contributed by atoms with Crippen molar-refractivity contribution in [2.24, 2.45) is 0 Å². The zero-order valence-electron chi connectivity index (χ0n) is 10.9. The van der Waals surface area contributed by atoms with Crippen molar-refractivity contribution < 1.29 is 0 Å². The molecule has 1 heteroatoms. The van der Waals surface area contributed by atoms with Crippen LogP contribution >= 0.6 is 0 Å². The number of likely N-dealkylation sites (N-methyl/N-ethyl adjacent to an activating group) is 1. The minimum atomic E-state index is 0.394. The summed E-state index contributed by atoms with van der Waals surface area (Å²) in [6.07, 6.45) is 1.04. The second-order valence-corrected chi connectivity index (χ2v) is 4.59. The van der Waals surface area contributed by atoms with Crippen molar-refractivity contribution in [2.45, 2.75) is 40.2 Å². The van der Waals surface area contributed by atoms with E-state index in [1.165, 1.54) is 22.3 Å². The van der Waals surface area contributed by atoms with Crippen LogP contribution in [0.15, 0.2) is 30.4 Å². The van der Waals surface area contributed by atoms with Gasteiger partial charge >= 0.3 is 0 Å². The number of hydrogen-bond acceptors (Lipinski definition) is 1. The first kappa shape index (κ1) is 13.0. The molecule has 1 atom stereocenters. The van der Waals surface area contributed by atoms with Crippen LogP contribution in [0.4, 0.5) is 0 Å². The standard InChI is InChI=1S/C15H23N/c1-6-16-15(11(2)3)10-14-9-12(4)7-8-13(14)5/h7-9,15-16H,2,6,10H2,1,3-5H3. The second kappa shape index (κ2) is 5.86. The molecule has 0 heterocycles. The van der Waals surface area contributed by atoms with Crippen molar-refractivity contribution >= 4 is 0 Å². The van der Waals surface area contributed by atoms with Crippen LogP contribution in [-0.4, -0.2) is 12.6 Å². The summed E-state index contributed by atoms with van der Waals surface area (Å²) in [5.41, 5.74) is 5.34. The van der Waals surface area contributed by atoms with Crippen molar-refractivity contribution in [3.63, 3.8) is 0 Å². The van der Waals surface area contributed by atoms with Gasteiger partial charge in [-0.2, -0.15) is 0 Å². The number of aryl methyl sites for hydroxylation is 2. The van der Waals surface area contributed by atoms with E-state index in [1.807, 2.05) is 0 Å². The summed E-state index contributed by atoms with van der Waals surface area (Å²) in [6, 6.07) is 7.04.